The molecule has 1 fully saturated rings. The third-order valence-electron chi connectivity index (χ3n) is 6.26. The van der Waals surface area contributed by atoms with E-state index < -0.39 is 0 Å². The second-order valence-corrected chi connectivity index (χ2v) is 8.49. The highest BCUT2D eigenvalue weighted by Crippen LogP contribution is 2.42. The summed E-state index contributed by atoms with van der Waals surface area (Å²) < 4.78 is 19.2. The average Bonchev–Trinajstić information content (AvgIpc) is 3.15. The molecule has 0 amide bonds. The number of hydrogen-bond acceptors (Lipinski definition) is 5. The number of rotatable bonds is 4. The van der Waals surface area contributed by atoms with Gasteiger partial charge in [-0.05, 0) is 54.5 Å². The van der Waals surface area contributed by atoms with E-state index in [4.69, 9.17) is 4.74 Å². The number of nitrogens with zero attached hydrogens (tertiary/aromatic N) is 2. The van der Waals surface area contributed by atoms with Crippen molar-refractivity contribution >= 4 is 17.5 Å². The molecular weight excluding hydrogens is 419 g/mol. The standard InChI is InChI=1S/C27H25FN2O3/c1-18-15-23(31)22(17-29-11-13-30(14-12-29)21-5-3-2-4-6-21)27-25(18)26(32)24(33-27)16-19-7-9-20(28)10-8-19/h2-10,15-16,31H,11-14,17H2,1H3/b24-16-. The highest BCUT2D eigenvalue weighted by Gasteiger charge is 2.34. The fraction of sp³-hybridized carbons (Fsp3) is 0.222. The minimum absolute atomic E-state index is 0.132. The van der Waals surface area contributed by atoms with Crippen molar-refractivity contribution in [3.05, 3.63) is 94.5 Å². The fourth-order valence-corrected chi connectivity index (χ4v) is 4.47. The van der Waals surface area contributed by atoms with Gasteiger partial charge in [-0.2, -0.15) is 0 Å². The van der Waals surface area contributed by atoms with Crippen molar-refractivity contribution < 1.29 is 19.0 Å². The van der Waals surface area contributed by atoms with E-state index in [2.05, 4.69) is 21.9 Å². The molecule has 1 N–H and O–H groups in total. The van der Waals surface area contributed by atoms with Crippen molar-refractivity contribution in [2.75, 3.05) is 31.1 Å². The van der Waals surface area contributed by atoms with Gasteiger partial charge in [-0.3, -0.25) is 9.69 Å². The van der Waals surface area contributed by atoms with E-state index in [0.717, 1.165) is 26.2 Å². The second-order valence-electron chi connectivity index (χ2n) is 8.49. The number of hydrogen-bond donors (Lipinski definition) is 1. The van der Waals surface area contributed by atoms with Crippen LogP contribution >= 0.6 is 0 Å². The minimum Gasteiger partial charge on any atom is -0.507 e. The van der Waals surface area contributed by atoms with Gasteiger partial charge in [0.15, 0.2) is 5.76 Å². The molecule has 5 nitrogen and oxygen atoms in total. The number of phenolic OH excluding ortho intramolecular Hbond substituents is 1. The number of benzene rings is 3. The van der Waals surface area contributed by atoms with Crippen LogP contribution in [0, 0.1) is 12.7 Å². The summed E-state index contributed by atoms with van der Waals surface area (Å²) in [6, 6.07) is 17.8. The van der Waals surface area contributed by atoms with Gasteiger partial charge in [0, 0.05) is 38.4 Å². The molecule has 0 spiro atoms. The molecule has 2 heterocycles. The van der Waals surface area contributed by atoms with Gasteiger partial charge in [0.1, 0.15) is 17.3 Å². The summed E-state index contributed by atoms with van der Waals surface area (Å²) in [6.07, 6.45) is 1.61. The molecule has 0 saturated carbocycles. The van der Waals surface area contributed by atoms with Crippen molar-refractivity contribution in [1.29, 1.82) is 0 Å². The summed E-state index contributed by atoms with van der Waals surface area (Å²) in [4.78, 5) is 17.7. The summed E-state index contributed by atoms with van der Waals surface area (Å²) in [5, 5.41) is 10.7. The largest absolute Gasteiger partial charge is 0.507 e. The molecule has 6 heteroatoms. The SMILES string of the molecule is Cc1cc(O)c(CN2CCN(c3ccccc3)CC2)c2c1C(=O)/C(=C/c1ccc(F)cc1)O2. The number of Topliss-reactive ketones (excluding diaryl/α,β-unsaturated/α-hetero) is 1. The van der Waals surface area contributed by atoms with Gasteiger partial charge in [-0.1, -0.05) is 30.3 Å². The monoisotopic (exact) mass is 444 g/mol. The number of ketones is 1. The zero-order chi connectivity index (χ0) is 22.9. The molecule has 0 aromatic heterocycles. The maximum Gasteiger partial charge on any atom is 0.232 e. The Morgan fingerprint density at radius 3 is 2.42 bits per heavy atom. The highest BCUT2D eigenvalue weighted by atomic mass is 19.1. The van der Waals surface area contributed by atoms with Crippen LogP contribution in [0.25, 0.3) is 6.08 Å². The highest BCUT2D eigenvalue weighted by molar-refractivity contribution is 6.15. The Balaban J connectivity index is 1.37. The Morgan fingerprint density at radius 1 is 1.03 bits per heavy atom. The second kappa shape index (κ2) is 8.71. The van der Waals surface area contributed by atoms with Crippen LogP contribution in [0.15, 0.2) is 66.4 Å². The fourth-order valence-electron chi connectivity index (χ4n) is 4.47. The first-order valence-corrected chi connectivity index (χ1v) is 11.1. The van der Waals surface area contributed by atoms with E-state index in [-0.39, 0.29) is 23.1 Å². The van der Waals surface area contributed by atoms with Gasteiger partial charge < -0.3 is 14.7 Å². The molecule has 5 rings (SSSR count). The molecule has 0 atom stereocenters. The van der Waals surface area contributed by atoms with Gasteiger partial charge in [0.05, 0.1) is 11.1 Å². The number of aryl methyl sites for hydroxylation is 1. The molecule has 2 aliphatic rings. The summed E-state index contributed by atoms with van der Waals surface area (Å²) in [6.45, 7) is 5.73. The summed E-state index contributed by atoms with van der Waals surface area (Å²) in [5.41, 5.74) is 3.67. The number of allylic oxidation sites excluding steroid dienone is 1. The number of phenols is 1. The molecule has 1 saturated heterocycles. The van der Waals surface area contributed by atoms with Crippen LogP contribution in [0.5, 0.6) is 11.5 Å². The van der Waals surface area contributed by atoms with Crippen molar-refractivity contribution in [3.8, 4) is 11.5 Å². The summed E-state index contributed by atoms with van der Waals surface area (Å²) in [5.74, 6) is 0.181. The third kappa shape index (κ3) is 4.22. The molecule has 168 valence electrons. The van der Waals surface area contributed by atoms with Crippen LogP contribution in [0.1, 0.15) is 27.0 Å². The number of ether oxygens (including phenoxy) is 1. The Labute approximate surface area is 192 Å². The van der Waals surface area contributed by atoms with Crippen LogP contribution in [0.4, 0.5) is 10.1 Å². The lowest BCUT2D eigenvalue weighted by Gasteiger charge is -2.36. The Hall–Kier alpha value is -3.64. The van der Waals surface area contributed by atoms with Crippen LogP contribution in [0.2, 0.25) is 0 Å². The quantitative estimate of drug-likeness (QED) is 0.587. The van der Waals surface area contributed by atoms with Crippen LogP contribution in [-0.4, -0.2) is 42.0 Å². The Kier molecular flexibility index (Phi) is 5.60. The van der Waals surface area contributed by atoms with Gasteiger partial charge in [0.25, 0.3) is 0 Å². The van der Waals surface area contributed by atoms with E-state index in [9.17, 15) is 14.3 Å². The van der Waals surface area contributed by atoms with Gasteiger partial charge >= 0.3 is 0 Å². The van der Waals surface area contributed by atoms with Crippen LogP contribution < -0.4 is 9.64 Å². The van der Waals surface area contributed by atoms with Crippen molar-refractivity contribution in [2.24, 2.45) is 0 Å². The van der Waals surface area contributed by atoms with E-state index in [1.54, 1.807) is 31.2 Å². The predicted octanol–water partition coefficient (Wildman–Crippen LogP) is 4.78. The molecule has 33 heavy (non-hydrogen) atoms. The first kappa shape index (κ1) is 21.2. The molecule has 0 unspecified atom stereocenters. The maximum absolute atomic E-state index is 13.2. The summed E-state index contributed by atoms with van der Waals surface area (Å²) in [7, 11) is 0. The molecular formula is C27H25FN2O3. The predicted molar refractivity (Wildman–Crippen MR) is 126 cm³/mol. The zero-order valence-electron chi connectivity index (χ0n) is 18.4. The van der Waals surface area contributed by atoms with Crippen molar-refractivity contribution in [2.45, 2.75) is 13.5 Å². The van der Waals surface area contributed by atoms with Gasteiger partial charge in [-0.15, -0.1) is 0 Å². The number of fused-ring (bicyclic) bond motifs is 1. The first-order chi connectivity index (χ1) is 16.0. The van der Waals surface area contributed by atoms with E-state index in [0.29, 0.717) is 34.5 Å². The number of halogens is 1. The van der Waals surface area contributed by atoms with E-state index in [1.165, 1.54) is 17.8 Å². The summed E-state index contributed by atoms with van der Waals surface area (Å²) >= 11 is 0. The molecule has 2 aliphatic heterocycles. The molecule has 3 aromatic rings. The van der Waals surface area contributed by atoms with E-state index in [1.807, 2.05) is 18.2 Å². The Morgan fingerprint density at radius 2 is 1.73 bits per heavy atom. The lowest BCUT2D eigenvalue weighted by Crippen LogP contribution is -2.46. The molecule has 0 bridgehead atoms. The average molecular weight is 445 g/mol. The van der Waals surface area contributed by atoms with Crippen molar-refractivity contribution in [1.82, 2.24) is 4.90 Å². The third-order valence-corrected chi connectivity index (χ3v) is 6.26. The first-order valence-electron chi connectivity index (χ1n) is 11.1. The van der Waals surface area contributed by atoms with Gasteiger partial charge in [0.2, 0.25) is 5.78 Å². The van der Waals surface area contributed by atoms with Gasteiger partial charge in [-0.25, -0.2) is 4.39 Å². The Bertz CT molecular complexity index is 1210. The number of piperazine rings is 1. The van der Waals surface area contributed by atoms with E-state index >= 15 is 0 Å². The topological polar surface area (TPSA) is 53.0 Å². The number of para-hydroxylation sites is 1. The lowest BCUT2D eigenvalue weighted by atomic mass is 9.99. The smallest absolute Gasteiger partial charge is 0.232 e. The van der Waals surface area contributed by atoms with Crippen LogP contribution in [-0.2, 0) is 6.54 Å². The number of carbonyl (C=O) groups is 1. The van der Waals surface area contributed by atoms with Crippen LogP contribution in [0.3, 0.4) is 0 Å². The maximum atomic E-state index is 13.2. The molecule has 0 radical (unpaired) electrons. The molecule has 0 aliphatic carbocycles. The molecule has 3 aromatic carbocycles. The van der Waals surface area contributed by atoms with Crippen molar-refractivity contribution in [3.63, 3.8) is 0 Å². The zero-order valence-corrected chi connectivity index (χ0v) is 18.4. The number of aromatic hydroxyl groups is 1. The lowest BCUT2D eigenvalue weighted by molar-refractivity contribution is 0.101. The number of anilines is 1. The normalized spacial score (nSPS) is 17.3. The minimum atomic E-state index is -0.338. The number of carbonyl (C=O) groups excluding carboxylic acids is 1.